The summed E-state index contributed by atoms with van der Waals surface area (Å²) in [6.45, 7) is 2.41. The molecule has 1 aliphatic heterocycles. The van der Waals surface area contributed by atoms with Crippen LogP contribution in [0.2, 0.25) is 0 Å². The Labute approximate surface area is 156 Å². The molecule has 1 amide bonds. The van der Waals surface area contributed by atoms with Crippen molar-refractivity contribution in [1.82, 2.24) is 10.2 Å². The number of carbonyl (C=O) groups is 1. The first-order valence-electron chi connectivity index (χ1n) is 10.9. The topological polar surface area (TPSA) is 72.8 Å². The molecule has 5 nitrogen and oxygen atoms in total. The van der Waals surface area contributed by atoms with Crippen molar-refractivity contribution in [2.75, 3.05) is 26.2 Å². The summed E-state index contributed by atoms with van der Waals surface area (Å²) in [6.07, 6.45) is 9.91. The van der Waals surface area contributed by atoms with Gasteiger partial charge >= 0.3 is 0 Å². The zero-order chi connectivity index (χ0) is 17.9. The second kappa shape index (κ2) is 6.18. The quantitative estimate of drug-likeness (QED) is 0.670. The number of nitrogens with zero attached hydrogens (tertiary/aromatic N) is 1. The Morgan fingerprint density at radius 1 is 1.00 bits per heavy atom. The van der Waals surface area contributed by atoms with Crippen molar-refractivity contribution in [2.24, 2.45) is 29.6 Å². The molecule has 0 aromatic rings. The van der Waals surface area contributed by atoms with Crippen LogP contribution in [0.1, 0.15) is 57.8 Å². The fourth-order valence-corrected chi connectivity index (χ4v) is 6.77. The molecule has 6 aliphatic rings. The highest BCUT2D eigenvalue weighted by atomic mass is 16.3. The van der Waals surface area contributed by atoms with Gasteiger partial charge in [-0.3, -0.25) is 4.79 Å². The number of amides is 1. The van der Waals surface area contributed by atoms with Gasteiger partial charge in [-0.2, -0.15) is 0 Å². The van der Waals surface area contributed by atoms with E-state index in [1.807, 2.05) is 4.90 Å². The van der Waals surface area contributed by atoms with Crippen LogP contribution in [0.25, 0.3) is 0 Å². The highest BCUT2D eigenvalue weighted by Gasteiger charge is 2.56. The molecular formula is C21H34N2O3. The first-order valence-corrected chi connectivity index (χ1v) is 10.9. The molecule has 5 saturated carbocycles. The van der Waals surface area contributed by atoms with Gasteiger partial charge in [0.25, 0.3) is 5.91 Å². The highest BCUT2D eigenvalue weighted by Crippen LogP contribution is 2.58. The van der Waals surface area contributed by atoms with Gasteiger partial charge in [-0.15, -0.1) is 0 Å². The molecule has 4 bridgehead atoms. The number of piperidine rings is 1. The van der Waals surface area contributed by atoms with Gasteiger partial charge in [0.1, 0.15) is 0 Å². The fraction of sp³-hybridized carbons (Fsp3) is 0.952. The van der Waals surface area contributed by atoms with Crippen LogP contribution in [-0.4, -0.2) is 58.4 Å². The summed E-state index contributed by atoms with van der Waals surface area (Å²) in [4.78, 5) is 14.7. The van der Waals surface area contributed by atoms with Crippen LogP contribution in [0.5, 0.6) is 0 Å². The molecule has 1 saturated heterocycles. The minimum absolute atomic E-state index is 0.0970. The van der Waals surface area contributed by atoms with E-state index < -0.39 is 11.2 Å². The number of hydrogen-bond donors (Lipinski definition) is 3. The number of aliphatic hydroxyl groups is 2. The van der Waals surface area contributed by atoms with E-state index in [0.717, 1.165) is 31.3 Å². The van der Waals surface area contributed by atoms with Crippen molar-refractivity contribution >= 4 is 5.91 Å². The lowest BCUT2D eigenvalue weighted by Gasteiger charge is -2.59. The Hall–Kier alpha value is -0.650. The second-order valence-corrected chi connectivity index (χ2v) is 10.2. The maximum absolute atomic E-state index is 12.8. The maximum atomic E-state index is 12.8. The largest absolute Gasteiger partial charge is 0.388 e. The third-order valence-corrected chi connectivity index (χ3v) is 8.26. The summed E-state index contributed by atoms with van der Waals surface area (Å²) in [6, 6.07) is 0. The normalized spacial score (nSPS) is 47.6. The van der Waals surface area contributed by atoms with Crippen LogP contribution in [-0.2, 0) is 4.79 Å². The van der Waals surface area contributed by atoms with Gasteiger partial charge in [0, 0.05) is 26.2 Å². The molecule has 0 aromatic heterocycles. The predicted octanol–water partition coefficient (Wildman–Crippen LogP) is 1.53. The Bertz CT molecular complexity index is 548. The van der Waals surface area contributed by atoms with Crippen LogP contribution in [0, 0.1) is 29.6 Å². The second-order valence-electron chi connectivity index (χ2n) is 10.2. The molecule has 1 heterocycles. The third kappa shape index (κ3) is 2.91. The Morgan fingerprint density at radius 3 is 2.27 bits per heavy atom. The van der Waals surface area contributed by atoms with Crippen molar-refractivity contribution < 1.29 is 15.0 Å². The van der Waals surface area contributed by atoms with E-state index >= 15 is 0 Å². The van der Waals surface area contributed by atoms with Crippen LogP contribution in [0.15, 0.2) is 0 Å². The minimum Gasteiger partial charge on any atom is -0.388 e. The smallest absolute Gasteiger partial charge is 0.255 e. The van der Waals surface area contributed by atoms with E-state index in [-0.39, 0.29) is 12.5 Å². The molecule has 3 N–H and O–H groups in total. The first kappa shape index (κ1) is 17.4. The number of rotatable bonds is 6. The Morgan fingerprint density at radius 2 is 1.65 bits per heavy atom. The summed E-state index contributed by atoms with van der Waals surface area (Å²) in [7, 11) is 0. The molecule has 1 unspecified atom stereocenters. The molecule has 0 spiro atoms. The number of nitrogens with one attached hydrogen (secondary N) is 1. The SMILES string of the molecule is O=C1N(CC2CC2)CCCC1(O)CNCC1(O)C2CC3CC(C2)CC1C3. The van der Waals surface area contributed by atoms with Crippen molar-refractivity contribution in [2.45, 2.75) is 69.0 Å². The molecule has 6 rings (SSSR count). The maximum Gasteiger partial charge on any atom is 0.255 e. The predicted molar refractivity (Wildman–Crippen MR) is 98.4 cm³/mol. The molecular weight excluding hydrogens is 328 g/mol. The summed E-state index contributed by atoms with van der Waals surface area (Å²) in [5.74, 6) is 3.04. The van der Waals surface area contributed by atoms with Gasteiger partial charge in [0.05, 0.1) is 5.60 Å². The average molecular weight is 363 g/mol. The van der Waals surface area contributed by atoms with Gasteiger partial charge < -0.3 is 20.4 Å². The number of carbonyl (C=O) groups excluding carboxylic acids is 1. The fourth-order valence-electron chi connectivity index (χ4n) is 6.77. The lowest BCUT2D eigenvalue weighted by molar-refractivity contribution is -0.173. The lowest BCUT2D eigenvalue weighted by atomic mass is 9.50. The number of hydrogen-bond acceptors (Lipinski definition) is 4. The van der Waals surface area contributed by atoms with Crippen LogP contribution in [0.4, 0.5) is 0 Å². The van der Waals surface area contributed by atoms with E-state index in [0.29, 0.717) is 30.7 Å². The average Bonchev–Trinajstić information content (AvgIpc) is 3.41. The van der Waals surface area contributed by atoms with Crippen molar-refractivity contribution in [3.63, 3.8) is 0 Å². The zero-order valence-electron chi connectivity index (χ0n) is 15.8. The standard InChI is InChI=1S/C21H34N2O3/c24-19-20(25,4-1-5-23(19)11-14-2-3-14)12-22-13-21(26)17-7-15-6-16(9-17)10-18(21)8-15/h14-18,22,25-26H,1-13H2. The van der Waals surface area contributed by atoms with Crippen molar-refractivity contribution in [1.29, 1.82) is 0 Å². The molecule has 26 heavy (non-hydrogen) atoms. The van der Waals surface area contributed by atoms with Gasteiger partial charge in [0.2, 0.25) is 0 Å². The van der Waals surface area contributed by atoms with E-state index in [1.165, 1.54) is 44.9 Å². The summed E-state index contributed by atoms with van der Waals surface area (Å²) < 4.78 is 0. The van der Waals surface area contributed by atoms with Crippen molar-refractivity contribution in [3.8, 4) is 0 Å². The summed E-state index contributed by atoms with van der Waals surface area (Å²) in [5.41, 5.74) is -1.91. The Balaban J connectivity index is 1.20. The molecule has 5 heteroatoms. The van der Waals surface area contributed by atoms with Crippen LogP contribution < -0.4 is 5.32 Å². The molecule has 146 valence electrons. The molecule has 6 fully saturated rings. The van der Waals surface area contributed by atoms with Gasteiger partial charge in [-0.05, 0) is 87.4 Å². The molecule has 5 aliphatic carbocycles. The van der Waals surface area contributed by atoms with E-state index in [2.05, 4.69) is 5.32 Å². The van der Waals surface area contributed by atoms with Crippen molar-refractivity contribution in [3.05, 3.63) is 0 Å². The molecule has 0 aromatic carbocycles. The van der Waals surface area contributed by atoms with Crippen LogP contribution >= 0.6 is 0 Å². The van der Waals surface area contributed by atoms with Gasteiger partial charge in [-0.1, -0.05) is 0 Å². The molecule has 1 atom stereocenters. The lowest BCUT2D eigenvalue weighted by Crippen LogP contribution is -2.64. The highest BCUT2D eigenvalue weighted by molar-refractivity contribution is 5.86. The Kier molecular flexibility index (Phi) is 4.15. The number of likely N-dealkylation sites (tertiary alicyclic amines) is 1. The molecule has 0 radical (unpaired) electrons. The monoisotopic (exact) mass is 362 g/mol. The van der Waals surface area contributed by atoms with E-state index in [4.69, 9.17) is 0 Å². The summed E-state index contributed by atoms with van der Waals surface area (Å²) >= 11 is 0. The summed E-state index contributed by atoms with van der Waals surface area (Å²) in [5, 5.41) is 25.7. The van der Waals surface area contributed by atoms with Gasteiger partial charge in [0.15, 0.2) is 5.60 Å². The van der Waals surface area contributed by atoms with E-state index in [1.54, 1.807) is 0 Å². The third-order valence-electron chi connectivity index (χ3n) is 8.26. The van der Waals surface area contributed by atoms with E-state index in [9.17, 15) is 15.0 Å². The van der Waals surface area contributed by atoms with Gasteiger partial charge in [-0.25, -0.2) is 0 Å². The zero-order valence-corrected chi connectivity index (χ0v) is 15.8. The first-order chi connectivity index (χ1) is 12.5. The van der Waals surface area contributed by atoms with Crippen LogP contribution in [0.3, 0.4) is 0 Å². The minimum atomic E-state index is -1.28.